The fraction of sp³-hybridized carbons (Fsp3) is 0.200. The van der Waals surface area contributed by atoms with E-state index in [9.17, 15) is 4.79 Å². The molecule has 0 unspecified atom stereocenters. The molecule has 0 fully saturated rings. The second-order valence-corrected chi connectivity index (χ2v) is 3.66. The van der Waals surface area contributed by atoms with Crippen LogP contribution in [0.4, 0.5) is 5.69 Å². The Morgan fingerprint density at radius 3 is 2.93 bits per heavy atom. The Bertz CT molecular complexity index is 412. The number of nitrogens with zero attached hydrogens (tertiary/aromatic N) is 1. The highest BCUT2D eigenvalue weighted by Crippen LogP contribution is 2.25. The number of benzene rings is 1. The molecule has 0 spiro atoms. The van der Waals surface area contributed by atoms with Gasteiger partial charge in [-0.1, -0.05) is 6.07 Å². The summed E-state index contributed by atoms with van der Waals surface area (Å²) in [5.74, 6) is -0.451. The van der Waals surface area contributed by atoms with Crippen LogP contribution in [0.25, 0.3) is 0 Å². The molecule has 5 heteroatoms. The van der Waals surface area contributed by atoms with Crippen LogP contribution in [0.2, 0.25) is 0 Å². The zero-order chi connectivity index (χ0) is 11.3. The normalized spacial score (nSPS) is 9.33. The van der Waals surface area contributed by atoms with Crippen molar-refractivity contribution in [2.45, 2.75) is 4.90 Å². The highest BCUT2D eigenvalue weighted by atomic mass is 32.2. The number of nitrogens with one attached hydrogen (secondary N) is 1. The van der Waals surface area contributed by atoms with E-state index in [-0.39, 0.29) is 6.54 Å². The van der Waals surface area contributed by atoms with E-state index in [4.69, 9.17) is 11.0 Å². The maximum absolute atomic E-state index is 10.6. The Kier molecular flexibility index (Phi) is 4.01. The minimum absolute atomic E-state index is 0.0342. The molecule has 0 aromatic heterocycles. The molecular weight excluding hydrogens is 210 g/mol. The van der Waals surface area contributed by atoms with Crippen molar-refractivity contribution in [2.24, 2.45) is 5.73 Å². The molecule has 0 saturated carbocycles. The van der Waals surface area contributed by atoms with Crippen LogP contribution in [-0.2, 0) is 4.79 Å². The molecule has 0 atom stereocenters. The van der Waals surface area contributed by atoms with Gasteiger partial charge in [0.2, 0.25) is 5.91 Å². The Hall–Kier alpha value is -1.67. The summed E-state index contributed by atoms with van der Waals surface area (Å²) >= 11 is 1.49. The first-order valence-corrected chi connectivity index (χ1v) is 5.50. The van der Waals surface area contributed by atoms with Gasteiger partial charge in [0, 0.05) is 4.90 Å². The van der Waals surface area contributed by atoms with Gasteiger partial charge in [-0.2, -0.15) is 5.26 Å². The molecule has 0 bridgehead atoms. The maximum Gasteiger partial charge on any atom is 0.236 e. The van der Waals surface area contributed by atoms with Crippen LogP contribution in [0, 0.1) is 11.3 Å². The first-order valence-electron chi connectivity index (χ1n) is 4.28. The highest BCUT2D eigenvalue weighted by Gasteiger charge is 2.07. The molecule has 0 heterocycles. The molecule has 0 aliphatic carbocycles. The SMILES string of the molecule is CSc1cccc(NCC(N)=O)c1C#N. The third-order valence-corrected chi connectivity index (χ3v) is 2.59. The number of nitrogens with two attached hydrogens (primary N) is 1. The summed E-state index contributed by atoms with van der Waals surface area (Å²) in [5.41, 5.74) is 6.20. The fourth-order valence-corrected chi connectivity index (χ4v) is 1.72. The number of carbonyl (C=O) groups is 1. The quantitative estimate of drug-likeness (QED) is 0.748. The zero-order valence-corrected chi connectivity index (χ0v) is 9.10. The lowest BCUT2D eigenvalue weighted by atomic mass is 10.2. The molecular formula is C10H11N3OS. The average Bonchev–Trinajstić information content (AvgIpc) is 2.25. The van der Waals surface area contributed by atoms with Gasteiger partial charge < -0.3 is 11.1 Å². The third-order valence-electron chi connectivity index (χ3n) is 1.81. The van der Waals surface area contributed by atoms with Crippen molar-refractivity contribution in [3.05, 3.63) is 23.8 Å². The summed E-state index contributed by atoms with van der Waals surface area (Å²) in [6.07, 6.45) is 1.90. The molecule has 3 N–H and O–H groups in total. The molecule has 4 nitrogen and oxygen atoms in total. The zero-order valence-electron chi connectivity index (χ0n) is 8.28. The standard InChI is InChI=1S/C10H11N3OS/c1-15-9-4-2-3-8(7(9)5-11)13-6-10(12)14/h2-4,13H,6H2,1H3,(H2,12,14). The van der Waals surface area contributed by atoms with Crippen molar-refractivity contribution < 1.29 is 4.79 Å². The number of hydrogen-bond acceptors (Lipinski definition) is 4. The van der Waals surface area contributed by atoms with Crippen molar-refractivity contribution in [1.29, 1.82) is 5.26 Å². The van der Waals surface area contributed by atoms with Crippen LogP contribution in [0.5, 0.6) is 0 Å². The van der Waals surface area contributed by atoms with E-state index in [0.717, 1.165) is 4.90 Å². The topological polar surface area (TPSA) is 78.9 Å². The predicted molar refractivity (Wildman–Crippen MR) is 60.6 cm³/mol. The van der Waals surface area contributed by atoms with E-state index in [0.29, 0.717) is 11.3 Å². The van der Waals surface area contributed by atoms with E-state index in [1.54, 1.807) is 6.07 Å². The van der Waals surface area contributed by atoms with Crippen molar-refractivity contribution in [3.8, 4) is 6.07 Å². The summed E-state index contributed by atoms with van der Waals surface area (Å²) in [6.45, 7) is 0.0342. The number of nitriles is 1. The number of primary amides is 1. The lowest BCUT2D eigenvalue weighted by Crippen LogP contribution is -2.22. The molecule has 78 valence electrons. The van der Waals surface area contributed by atoms with Crippen LogP contribution in [0.1, 0.15) is 5.56 Å². The van der Waals surface area contributed by atoms with Gasteiger partial charge in [-0.3, -0.25) is 4.79 Å². The van der Waals surface area contributed by atoms with Gasteiger partial charge in [0.15, 0.2) is 0 Å². The van der Waals surface area contributed by atoms with Crippen LogP contribution < -0.4 is 11.1 Å². The van der Waals surface area contributed by atoms with E-state index in [1.165, 1.54) is 11.8 Å². The van der Waals surface area contributed by atoms with Crippen LogP contribution >= 0.6 is 11.8 Å². The number of anilines is 1. The number of thioether (sulfide) groups is 1. The summed E-state index contributed by atoms with van der Waals surface area (Å²) in [7, 11) is 0. The molecule has 0 radical (unpaired) electrons. The molecule has 15 heavy (non-hydrogen) atoms. The first kappa shape index (κ1) is 11.4. The fourth-order valence-electron chi connectivity index (χ4n) is 1.15. The van der Waals surface area contributed by atoms with Crippen molar-refractivity contribution >= 4 is 23.4 Å². The van der Waals surface area contributed by atoms with Crippen molar-refractivity contribution in [3.63, 3.8) is 0 Å². The Balaban J connectivity index is 2.97. The number of carbonyl (C=O) groups excluding carboxylic acids is 1. The molecule has 1 aromatic rings. The highest BCUT2D eigenvalue weighted by molar-refractivity contribution is 7.98. The van der Waals surface area contributed by atoms with Gasteiger partial charge >= 0.3 is 0 Å². The van der Waals surface area contributed by atoms with E-state index < -0.39 is 5.91 Å². The molecule has 1 rings (SSSR count). The van der Waals surface area contributed by atoms with Gasteiger partial charge in [0.05, 0.1) is 17.8 Å². The second-order valence-electron chi connectivity index (χ2n) is 2.81. The molecule has 1 aromatic carbocycles. The minimum atomic E-state index is -0.451. The van der Waals surface area contributed by atoms with Crippen molar-refractivity contribution in [1.82, 2.24) is 0 Å². The Morgan fingerprint density at radius 2 is 2.40 bits per heavy atom. The monoisotopic (exact) mass is 221 g/mol. The van der Waals surface area contributed by atoms with Gasteiger partial charge in [-0.25, -0.2) is 0 Å². The van der Waals surface area contributed by atoms with Gasteiger partial charge in [-0.15, -0.1) is 11.8 Å². The van der Waals surface area contributed by atoms with E-state index >= 15 is 0 Å². The number of amides is 1. The lowest BCUT2D eigenvalue weighted by Gasteiger charge is -2.08. The van der Waals surface area contributed by atoms with Crippen molar-refractivity contribution in [2.75, 3.05) is 18.1 Å². The Labute approximate surface area is 92.5 Å². The van der Waals surface area contributed by atoms with Crippen LogP contribution in [0.3, 0.4) is 0 Å². The smallest absolute Gasteiger partial charge is 0.236 e. The molecule has 0 aliphatic rings. The summed E-state index contributed by atoms with van der Waals surface area (Å²) < 4.78 is 0. The average molecular weight is 221 g/mol. The Morgan fingerprint density at radius 1 is 1.67 bits per heavy atom. The van der Waals surface area contributed by atoms with Crippen LogP contribution in [0.15, 0.2) is 23.1 Å². The number of hydrogen-bond donors (Lipinski definition) is 2. The summed E-state index contributed by atoms with van der Waals surface area (Å²) in [6, 6.07) is 7.54. The van der Waals surface area contributed by atoms with Gasteiger partial charge in [0.25, 0.3) is 0 Å². The second kappa shape index (κ2) is 5.27. The lowest BCUT2D eigenvalue weighted by molar-refractivity contribution is -0.116. The van der Waals surface area contributed by atoms with E-state index in [2.05, 4.69) is 11.4 Å². The molecule has 1 amide bonds. The van der Waals surface area contributed by atoms with Crippen LogP contribution in [-0.4, -0.2) is 18.7 Å². The third kappa shape index (κ3) is 2.89. The maximum atomic E-state index is 10.6. The van der Waals surface area contributed by atoms with Gasteiger partial charge in [-0.05, 0) is 18.4 Å². The largest absolute Gasteiger partial charge is 0.375 e. The molecule has 0 aliphatic heterocycles. The number of rotatable bonds is 4. The predicted octanol–water partition coefficient (Wildman–Crippen LogP) is 1.18. The summed E-state index contributed by atoms with van der Waals surface area (Å²) in [4.78, 5) is 11.5. The van der Waals surface area contributed by atoms with Gasteiger partial charge in [0.1, 0.15) is 6.07 Å². The van der Waals surface area contributed by atoms with E-state index in [1.807, 2.05) is 18.4 Å². The molecule has 0 saturated heterocycles. The first-order chi connectivity index (χ1) is 7.19. The minimum Gasteiger partial charge on any atom is -0.375 e. The summed E-state index contributed by atoms with van der Waals surface area (Å²) in [5, 5.41) is 11.8.